The Bertz CT molecular complexity index is 543. The van der Waals surface area contributed by atoms with Crippen LogP contribution >= 0.6 is 32.9 Å². The maximum absolute atomic E-state index is 12.3. The van der Waals surface area contributed by atoms with Crippen LogP contribution < -0.4 is 0 Å². The molecule has 0 radical (unpaired) electrons. The van der Waals surface area contributed by atoms with Gasteiger partial charge in [-0.05, 0) is 35.7 Å². The minimum absolute atomic E-state index is 0. The van der Waals surface area contributed by atoms with Crippen molar-refractivity contribution in [3.05, 3.63) is 65.5 Å². The van der Waals surface area contributed by atoms with Gasteiger partial charge in [0.2, 0.25) is 0 Å². The summed E-state index contributed by atoms with van der Waals surface area (Å²) in [6, 6.07) is 11.5. The van der Waals surface area contributed by atoms with Gasteiger partial charge < -0.3 is 0 Å². The van der Waals surface area contributed by atoms with Crippen molar-refractivity contribution in [2.75, 3.05) is 0 Å². The van der Waals surface area contributed by atoms with Gasteiger partial charge in [-0.1, -0.05) is 41.1 Å². The zero-order valence-electron chi connectivity index (χ0n) is 10.5. The van der Waals surface area contributed by atoms with Gasteiger partial charge in [-0.15, -0.1) is 17.0 Å². The molecule has 19 heavy (non-hydrogen) atoms. The van der Waals surface area contributed by atoms with Crippen LogP contribution in [-0.2, 0) is 6.42 Å². The van der Waals surface area contributed by atoms with Crippen LogP contribution in [-0.4, -0.2) is 10.8 Å². The van der Waals surface area contributed by atoms with Crippen molar-refractivity contribution >= 4 is 38.7 Å². The smallest absolute Gasteiger partial charge is 0.180 e. The summed E-state index contributed by atoms with van der Waals surface area (Å²) in [4.78, 5) is 16.0. The van der Waals surface area contributed by atoms with Crippen molar-refractivity contribution in [3.8, 4) is 0 Å². The van der Waals surface area contributed by atoms with Gasteiger partial charge in [-0.25, -0.2) is 0 Å². The summed E-state index contributed by atoms with van der Waals surface area (Å²) >= 11 is 3.46. The van der Waals surface area contributed by atoms with Crippen LogP contribution in [0, 0.1) is 0 Å². The molecule has 1 unspecified atom stereocenters. The predicted molar refractivity (Wildman–Crippen MR) is 86.4 cm³/mol. The molecule has 4 heteroatoms. The number of aryl methyl sites for hydroxylation is 1. The van der Waals surface area contributed by atoms with Crippen LogP contribution in [0.2, 0.25) is 0 Å². The van der Waals surface area contributed by atoms with Gasteiger partial charge >= 0.3 is 0 Å². The van der Waals surface area contributed by atoms with Gasteiger partial charge in [-0.3, -0.25) is 9.78 Å². The Morgan fingerprint density at radius 2 is 1.95 bits per heavy atom. The highest BCUT2D eigenvalue weighted by Gasteiger charge is 2.18. The van der Waals surface area contributed by atoms with Crippen LogP contribution in [0.4, 0.5) is 0 Å². The molecule has 0 aliphatic carbocycles. The second-order valence-electron chi connectivity index (χ2n) is 4.06. The molecule has 0 fully saturated rings. The number of carbonyl (C=O) groups excluding carboxylic acids is 1. The van der Waals surface area contributed by atoms with Gasteiger partial charge in [-0.2, -0.15) is 0 Å². The zero-order valence-corrected chi connectivity index (χ0v) is 13.8. The standard InChI is InChI=1S/C15H14BrNO.BrH/c1-2-11-4-3-5-13(10-11)15(18)14(16)12-6-8-17-9-7-12;/h3-10,14H,2H2,1H3;1H. The number of benzene rings is 1. The second kappa shape index (κ2) is 7.56. The predicted octanol–water partition coefficient (Wildman–Crippen LogP) is 4.54. The van der Waals surface area contributed by atoms with Crippen molar-refractivity contribution in [2.24, 2.45) is 0 Å². The molecular weight excluding hydrogens is 370 g/mol. The number of hydrogen-bond donors (Lipinski definition) is 0. The van der Waals surface area contributed by atoms with Crippen molar-refractivity contribution in [3.63, 3.8) is 0 Å². The Kier molecular flexibility index (Phi) is 6.38. The van der Waals surface area contributed by atoms with E-state index >= 15 is 0 Å². The normalized spacial score (nSPS) is 11.5. The lowest BCUT2D eigenvalue weighted by Gasteiger charge is -2.09. The van der Waals surface area contributed by atoms with E-state index in [1.807, 2.05) is 36.4 Å². The Balaban J connectivity index is 0.00000180. The van der Waals surface area contributed by atoms with Crippen LogP contribution in [0.1, 0.15) is 33.2 Å². The molecule has 0 saturated heterocycles. The first-order valence-electron chi connectivity index (χ1n) is 5.89. The van der Waals surface area contributed by atoms with Gasteiger partial charge in [0, 0.05) is 18.0 Å². The van der Waals surface area contributed by atoms with Crippen LogP contribution in [0.5, 0.6) is 0 Å². The summed E-state index contributed by atoms with van der Waals surface area (Å²) in [5.74, 6) is 0.0801. The topological polar surface area (TPSA) is 30.0 Å². The van der Waals surface area contributed by atoms with Crippen molar-refractivity contribution in [2.45, 2.75) is 18.2 Å². The van der Waals surface area contributed by atoms with Crippen LogP contribution in [0.3, 0.4) is 0 Å². The molecule has 1 heterocycles. The van der Waals surface area contributed by atoms with E-state index < -0.39 is 0 Å². The number of rotatable bonds is 4. The Hall–Kier alpha value is -1.00. The largest absolute Gasteiger partial charge is 0.293 e. The van der Waals surface area contributed by atoms with Gasteiger partial charge in [0.05, 0.1) is 0 Å². The lowest BCUT2D eigenvalue weighted by atomic mass is 10.0. The molecule has 0 saturated carbocycles. The minimum Gasteiger partial charge on any atom is -0.293 e. The fraction of sp³-hybridized carbons (Fsp3) is 0.200. The number of nitrogens with zero attached hydrogens (tertiary/aromatic N) is 1. The number of halogens is 2. The van der Waals surface area contributed by atoms with E-state index in [1.165, 1.54) is 5.56 Å². The Morgan fingerprint density at radius 1 is 1.26 bits per heavy atom. The van der Waals surface area contributed by atoms with Gasteiger partial charge in [0.15, 0.2) is 5.78 Å². The van der Waals surface area contributed by atoms with E-state index in [4.69, 9.17) is 0 Å². The molecule has 2 rings (SSSR count). The van der Waals surface area contributed by atoms with Gasteiger partial charge in [0.25, 0.3) is 0 Å². The SMILES string of the molecule is Br.CCc1cccc(C(=O)C(Br)c2ccncc2)c1. The number of pyridine rings is 1. The maximum atomic E-state index is 12.3. The lowest BCUT2D eigenvalue weighted by molar-refractivity contribution is 0.0991. The molecule has 0 aliphatic heterocycles. The quantitative estimate of drug-likeness (QED) is 0.572. The average molecular weight is 385 g/mol. The maximum Gasteiger partial charge on any atom is 0.180 e. The third-order valence-corrected chi connectivity index (χ3v) is 3.79. The number of aromatic nitrogens is 1. The van der Waals surface area contributed by atoms with E-state index in [0.717, 1.165) is 17.5 Å². The first kappa shape index (κ1) is 16.1. The number of ketones is 1. The Labute approximate surface area is 132 Å². The van der Waals surface area contributed by atoms with Crippen molar-refractivity contribution in [1.82, 2.24) is 4.98 Å². The molecular formula is C15H15Br2NO. The summed E-state index contributed by atoms with van der Waals surface area (Å²) in [5, 5.41) is 0. The number of Topliss-reactive ketones (excluding diaryl/α,β-unsaturated/α-hetero) is 1. The molecule has 1 aromatic carbocycles. The molecule has 1 atom stereocenters. The van der Waals surface area contributed by atoms with E-state index in [0.29, 0.717) is 0 Å². The fourth-order valence-corrected chi connectivity index (χ4v) is 2.34. The minimum atomic E-state index is -0.312. The Morgan fingerprint density at radius 3 is 2.58 bits per heavy atom. The van der Waals surface area contributed by atoms with E-state index in [-0.39, 0.29) is 27.6 Å². The van der Waals surface area contributed by atoms with Crippen molar-refractivity contribution < 1.29 is 4.79 Å². The third kappa shape index (κ3) is 3.98. The number of alkyl halides is 1. The van der Waals surface area contributed by atoms with Crippen molar-refractivity contribution in [1.29, 1.82) is 0 Å². The lowest BCUT2D eigenvalue weighted by Crippen LogP contribution is -2.07. The second-order valence-corrected chi connectivity index (χ2v) is 4.98. The number of hydrogen-bond acceptors (Lipinski definition) is 2. The first-order valence-corrected chi connectivity index (χ1v) is 6.81. The van der Waals surface area contributed by atoms with Crippen LogP contribution in [0.15, 0.2) is 48.8 Å². The average Bonchev–Trinajstić information content (AvgIpc) is 2.46. The van der Waals surface area contributed by atoms with Gasteiger partial charge in [0.1, 0.15) is 4.83 Å². The summed E-state index contributed by atoms with van der Waals surface area (Å²) in [5.41, 5.74) is 2.85. The molecule has 0 aliphatic rings. The van der Waals surface area contributed by atoms with E-state index in [9.17, 15) is 4.79 Å². The molecule has 0 spiro atoms. The summed E-state index contributed by atoms with van der Waals surface area (Å²) in [6.07, 6.45) is 4.32. The van der Waals surface area contributed by atoms with E-state index in [2.05, 4.69) is 27.8 Å². The molecule has 0 amide bonds. The zero-order chi connectivity index (χ0) is 13.0. The fourth-order valence-electron chi connectivity index (χ4n) is 1.77. The molecule has 0 N–H and O–H groups in total. The van der Waals surface area contributed by atoms with Crippen LogP contribution in [0.25, 0.3) is 0 Å². The summed E-state index contributed by atoms with van der Waals surface area (Å²) in [7, 11) is 0. The molecule has 100 valence electrons. The monoisotopic (exact) mass is 383 g/mol. The summed E-state index contributed by atoms with van der Waals surface area (Å²) < 4.78 is 0. The molecule has 2 nitrogen and oxygen atoms in total. The third-order valence-electron chi connectivity index (χ3n) is 2.85. The highest BCUT2D eigenvalue weighted by Crippen LogP contribution is 2.26. The first-order chi connectivity index (χ1) is 8.72. The molecule has 1 aromatic heterocycles. The number of carbonyl (C=O) groups is 1. The highest BCUT2D eigenvalue weighted by atomic mass is 79.9. The molecule has 0 bridgehead atoms. The van der Waals surface area contributed by atoms with E-state index in [1.54, 1.807) is 12.4 Å². The summed E-state index contributed by atoms with van der Waals surface area (Å²) in [6.45, 7) is 2.08. The highest BCUT2D eigenvalue weighted by molar-refractivity contribution is 9.09. The molecule has 2 aromatic rings.